The Balaban J connectivity index is 2.18. The summed E-state index contributed by atoms with van der Waals surface area (Å²) in [5.41, 5.74) is 1.23. The average Bonchev–Trinajstić information content (AvgIpc) is 2.30. The minimum atomic E-state index is 0.100. The smallest absolute Gasteiger partial charge is 0.0639 e. The predicted molar refractivity (Wildman–Crippen MR) is 77.3 cm³/mol. The average molecular weight is 268 g/mol. The van der Waals surface area contributed by atoms with Crippen LogP contribution in [0.15, 0.2) is 24.3 Å². The Hall–Kier alpha value is -0.730. The number of aliphatic hydroxyl groups is 1. The first-order chi connectivity index (χ1) is 8.54. The molecule has 1 N–H and O–H groups in total. The van der Waals surface area contributed by atoms with Crippen molar-refractivity contribution < 1.29 is 5.11 Å². The summed E-state index contributed by atoms with van der Waals surface area (Å²) < 4.78 is 0. The van der Waals surface area contributed by atoms with Crippen molar-refractivity contribution >= 4 is 17.3 Å². The van der Waals surface area contributed by atoms with Gasteiger partial charge in [0.05, 0.1) is 10.7 Å². The lowest BCUT2D eigenvalue weighted by molar-refractivity contribution is 0.205. The van der Waals surface area contributed by atoms with Crippen LogP contribution in [0.1, 0.15) is 33.1 Å². The van der Waals surface area contributed by atoms with Gasteiger partial charge < -0.3 is 10.0 Å². The molecule has 1 aliphatic rings. The van der Waals surface area contributed by atoms with Gasteiger partial charge in [0.25, 0.3) is 0 Å². The molecule has 0 amide bonds. The summed E-state index contributed by atoms with van der Waals surface area (Å²) in [6.07, 6.45) is 3.16. The summed E-state index contributed by atoms with van der Waals surface area (Å²) >= 11 is 6.30. The number of benzene rings is 1. The van der Waals surface area contributed by atoms with E-state index >= 15 is 0 Å². The molecule has 2 rings (SSSR count). The standard InChI is InChI=1S/C15H22ClNO/c1-15(2)11-12(8-10-18)7-9-17(15)14-6-4-3-5-13(14)16/h3-6,12,18H,7-11H2,1-2H3. The highest BCUT2D eigenvalue weighted by Crippen LogP contribution is 2.39. The van der Waals surface area contributed by atoms with E-state index in [1.165, 1.54) is 0 Å². The van der Waals surface area contributed by atoms with Gasteiger partial charge in [0.1, 0.15) is 0 Å². The number of anilines is 1. The fourth-order valence-electron chi connectivity index (χ4n) is 3.08. The van der Waals surface area contributed by atoms with Crippen molar-refractivity contribution in [3.8, 4) is 0 Å². The lowest BCUT2D eigenvalue weighted by Gasteiger charge is -2.47. The van der Waals surface area contributed by atoms with Crippen LogP contribution in [-0.2, 0) is 0 Å². The fourth-order valence-corrected chi connectivity index (χ4v) is 3.32. The van der Waals surface area contributed by atoms with Crippen molar-refractivity contribution in [2.75, 3.05) is 18.1 Å². The maximum absolute atomic E-state index is 9.08. The SMILES string of the molecule is CC1(C)CC(CCO)CCN1c1ccccc1Cl. The zero-order valence-electron chi connectivity index (χ0n) is 11.2. The second-order valence-electron chi connectivity index (χ2n) is 5.79. The normalized spacial score (nSPS) is 23.1. The Morgan fingerprint density at radius 2 is 2.11 bits per heavy atom. The lowest BCUT2D eigenvalue weighted by atomic mass is 9.81. The van der Waals surface area contributed by atoms with Crippen molar-refractivity contribution in [2.45, 2.75) is 38.6 Å². The molecular weight excluding hydrogens is 246 g/mol. The van der Waals surface area contributed by atoms with Crippen LogP contribution in [0, 0.1) is 5.92 Å². The van der Waals surface area contributed by atoms with E-state index in [1.807, 2.05) is 18.2 Å². The highest BCUT2D eigenvalue weighted by Gasteiger charge is 2.35. The molecule has 0 radical (unpaired) electrons. The number of hydrogen-bond acceptors (Lipinski definition) is 2. The van der Waals surface area contributed by atoms with E-state index in [0.29, 0.717) is 12.5 Å². The van der Waals surface area contributed by atoms with Crippen LogP contribution in [0.2, 0.25) is 5.02 Å². The molecule has 1 aliphatic heterocycles. The Bertz CT molecular complexity index is 405. The number of nitrogens with zero attached hydrogens (tertiary/aromatic N) is 1. The molecule has 1 aromatic rings. The van der Waals surface area contributed by atoms with Gasteiger partial charge in [0, 0.05) is 18.7 Å². The second-order valence-corrected chi connectivity index (χ2v) is 6.19. The van der Waals surface area contributed by atoms with Crippen LogP contribution < -0.4 is 4.90 Å². The van der Waals surface area contributed by atoms with Gasteiger partial charge >= 0.3 is 0 Å². The maximum atomic E-state index is 9.08. The topological polar surface area (TPSA) is 23.5 Å². The monoisotopic (exact) mass is 267 g/mol. The van der Waals surface area contributed by atoms with Gasteiger partial charge in [-0.2, -0.15) is 0 Å². The molecule has 1 aromatic carbocycles. The van der Waals surface area contributed by atoms with Gasteiger partial charge in [-0.25, -0.2) is 0 Å². The van der Waals surface area contributed by atoms with E-state index < -0.39 is 0 Å². The third-order valence-electron chi connectivity index (χ3n) is 3.96. The molecular formula is C15H22ClNO. The predicted octanol–water partition coefficient (Wildman–Crippen LogP) is 3.72. The van der Waals surface area contributed by atoms with Gasteiger partial charge in [0.15, 0.2) is 0 Å². The van der Waals surface area contributed by atoms with Crippen LogP contribution in [0.3, 0.4) is 0 Å². The highest BCUT2D eigenvalue weighted by molar-refractivity contribution is 6.33. The summed E-state index contributed by atoms with van der Waals surface area (Å²) in [7, 11) is 0. The van der Waals surface area contributed by atoms with E-state index in [-0.39, 0.29) is 5.54 Å². The summed E-state index contributed by atoms with van der Waals surface area (Å²) in [5.74, 6) is 0.628. The zero-order chi connectivity index (χ0) is 13.2. The first-order valence-corrected chi connectivity index (χ1v) is 7.05. The van der Waals surface area contributed by atoms with E-state index in [2.05, 4.69) is 24.8 Å². The van der Waals surface area contributed by atoms with Crippen molar-refractivity contribution in [2.24, 2.45) is 5.92 Å². The third-order valence-corrected chi connectivity index (χ3v) is 4.28. The molecule has 1 heterocycles. The number of para-hydroxylation sites is 1. The Kier molecular flexibility index (Phi) is 4.18. The van der Waals surface area contributed by atoms with E-state index in [1.54, 1.807) is 0 Å². The van der Waals surface area contributed by atoms with E-state index in [4.69, 9.17) is 16.7 Å². The second kappa shape index (κ2) is 5.50. The molecule has 3 heteroatoms. The largest absolute Gasteiger partial charge is 0.396 e. The lowest BCUT2D eigenvalue weighted by Crippen LogP contribution is -2.50. The van der Waals surface area contributed by atoms with Crippen LogP contribution >= 0.6 is 11.6 Å². The molecule has 100 valence electrons. The number of rotatable bonds is 3. The van der Waals surface area contributed by atoms with Crippen LogP contribution in [0.25, 0.3) is 0 Å². The first-order valence-electron chi connectivity index (χ1n) is 6.67. The molecule has 1 unspecified atom stereocenters. The summed E-state index contributed by atoms with van der Waals surface area (Å²) in [6, 6.07) is 8.05. The van der Waals surface area contributed by atoms with Crippen LogP contribution in [-0.4, -0.2) is 23.8 Å². The Labute approximate surface area is 115 Å². The molecule has 0 spiro atoms. The molecule has 1 atom stereocenters. The van der Waals surface area contributed by atoms with Gasteiger partial charge in [-0.15, -0.1) is 0 Å². The Morgan fingerprint density at radius 1 is 1.39 bits per heavy atom. The molecule has 0 bridgehead atoms. The fraction of sp³-hybridized carbons (Fsp3) is 0.600. The zero-order valence-corrected chi connectivity index (χ0v) is 12.0. The van der Waals surface area contributed by atoms with E-state index in [0.717, 1.165) is 36.5 Å². The van der Waals surface area contributed by atoms with Gasteiger partial charge in [0.2, 0.25) is 0 Å². The molecule has 1 saturated heterocycles. The van der Waals surface area contributed by atoms with Crippen molar-refractivity contribution in [1.82, 2.24) is 0 Å². The molecule has 18 heavy (non-hydrogen) atoms. The van der Waals surface area contributed by atoms with Crippen molar-refractivity contribution in [1.29, 1.82) is 0 Å². The van der Waals surface area contributed by atoms with Gasteiger partial charge in [-0.05, 0) is 51.2 Å². The van der Waals surface area contributed by atoms with Gasteiger partial charge in [-0.3, -0.25) is 0 Å². The molecule has 0 aromatic heterocycles. The summed E-state index contributed by atoms with van der Waals surface area (Å²) in [4.78, 5) is 2.41. The number of piperidine rings is 1. The highest BCUT2D eigenvalue weighted by atomic mass is 35.5. The number of aliphatic hydroxyl groups excluding tert-OH is 1. The van der Waals surface area contributed by atoms with Crippen LogP contribution in [0.4, 0.5) is 5.69 Å². The Morgan fingerprint density at radius 3 is 2.72 bits per heavy atom. The quantitative estimate of drug-likeness (QED) is 0.902. The van der Waals surface area contributed by atoms with Crippen molar-refractivity contribution in [3.05, 3.63) is 29.3 Å². The molecule has 0 aliphatic carbocycles. The number of halogens is 1. The first kappa shape index (κ1) is 13.7. The molecule has 0 saturated carbocycles. The van der Waals surface area contributed by atoms with Crippen molar-refractivity contribution in [3.63, 3.8) is 0 Å². The molecule has 1 fully saturated rings. The summed E-state index contributed by atoms with van der Waals surface area (Å²) in [6.45, 7) is 5.84. The third kappa shape index (κ3) is 2.81. The minimum Gasteiger partial charge on any atom is -0.396 e. The van der Waals surface area contributed by atoms with E-state index in [9.17, 15) is 0 Å². The molecule has 2 nitrogen and oxygen atoms in total. The number of hydrogen-bond donors (Lipinski definition) is 1. The van der Waals surface area contributed by atoms with Crippen LogP contribution in [0.5, 0.6) is 0 Å². The maximum Gasteiger partial charge on any atom is 0.0639 e. The van der Waals surface area contributed by atoms with Gasteiger partial charge in [-0.1, -0.05) is 23.7 Å². The summed E-state index contributed by atoms with van der Waals surface area (Å²) in [5, 5.41) is 9.91. The minimum absolute atomic E-state index is 0.100.